The van der Waals surface area contributed by atoms with Gasteiger partial charge in [0.05, 0.1) is 0 Å². The fraction of sp³-hybridized carbons (Fsp3) is 0.667. The van der Waals surface area contributed by atoms with Crippen molar-refractivity contribution in [2.24, 2.45) is 10.2 Å². The number of amidine groups is 1. The first-order valence-corrected chi connectivity index (χ1v) is 3.47. The Hall–Kier alpha value is -1.15. The van der Waals surface area contributed by atoms with Crippen molar-refractivity contribution in [1.82, 2.24) is 0 Å². The van der Waals surface area contributed by atoms with Gasteiger partial charge in [-0.1, -0.05) is 0 Å². The molecule has 0 rings (SSSR count). The van der Waals surface area contributed by atoms with Gasteiger partial charge in [-0.3, -0.25) is 20.2 Å². The third-order valence-corrected chi connectivity index (χ3v) is 1.70. The molecule has 0 fully saturated rings. The quantitative estimate of drug-likeness (QED) is 0.142. The van der Waals surface area contributed by atoms with Gasteiger partial charge in [0.2, 0.25) is 0 Å². The number of rotatable bonds is 4. The van der Waals surface area contributed by atoms with Crippen LogP contribution < -0.4 is 5.73 Å². The summed E-state index contributed by atoms with van der Waals surface area (Å²) >= 11 is 9.89. The number of nitro groups is 2. The number of halogens is 2. The molecule has 2 N–H and O–H groups in total. The van der Waals surface area contributed by atoms with Gasteiger partial charge in [0.15, 0.2) is 6.42 Å². The van der Waals surface area contributed by atoms with E-state index in [9.17, 15) is 20.2 Å². The molecular weight excluding hydrogens is 227 g/mol. The minimum atomic E-state index is -2.90. The molecule has 0 aliphatic heterocycles. The van der Waals surface area contributed by atoms with E-state index in [1.165, 1.54) is 0 Å². The van der Waals surface area contributed by atoms with Gasteiger partial charge >= 0.3 is 5.12 Å². The standard InChI is InChI=1S/C3H4Cl2N4O4/c4-3(8(10)11,9(12)13)1-2(6)7-5/h1H2,(H2,6,7). The zero-order valence-corrected chi connectivity index (χ0v) is 7.53. The first-order valence-electron chi connectivity index (χ1n) is 2.75. The molecule has 0 radical (unpaired) electrons. The predicted octanol–water partition coefficient (Wildman–Crippen LogP) is 0.334. The molecule has 0 heterocycles. The molecule has 0 aliphatic rings. The van der Waals surface area contributed by atoms with Crippen molar-refractivity contribution >= 4 is 29.2 Å². The van der Waals surface area contributed by atoms with Gasteiger partial charge in [0.25, 0.3) is 0 Å². The summed E-state index contributed by atoms with van der Waals surface area (Å²) in [7, 11) is 0. The summed E-state index contributed by atoms with van der Waals surface area (Å²) in [6, 6.07) is 0. The molecular formula is C3H4Cl2N4O4. The van der Waals surface area contributed by atoms with Crippen LogP contribution in [0.3, 0.4) is 0 Å². The minimum absolute atomic E-state index is 0.481. The molecule has 13 heavy (non-hydrogen) atoms. The van der Waals surface area contributed by atoms with E-state index < -0.39 is 27.2 Å². The number of hydrogen-bond acceptors (Lipinski definition) is 5. The second-order valence-electron chi connectivity index (χ2n) is 1.99. The third-order valence-electron chi connectivity index (χ3n) is 1.07. The maximum absolute atomic E-state index is 10.2. The zero-order chi connectivity index (χ0) is 10.6. The molecule has 10 heteroatoms. The van der Waals surface area contributed by atoms with E-state index in [2.05, 4.69) is 4.51 Å². The smallest absolute Gasteiger partial charge is 0.386 e. The Morgan fingerprint density at radius 1 is 1.46 bits per heavy atom. The molecule has 0 atom stereocenters. The summed E-state index contributed by atoms with van der Waals surface area (Å²) in [6.07, 6.45) is -0.863. The first-order chi connectivity index (χ1) is 5.84. The summed E-state index contributed by atoms with van der Waals surface area (Å²) in [6.45, 7) is 0. The molecule has 0 aromatic heterocycles. The molecule has 0 amide bonds. The highest BCUT2D eigenvalue weighted by atomic mass is 35.5. The van der Waals surface area contributed by atoms with Gasteiger partial charge in [-0.05, 0) is 0 Å². The van der Waals surface area contributed by atoms with Crippen molar-refractivity contribution in [3.8, 4) is 0 Å². The first kappa shape index (κ1) is 11.8. The van der Waals surface area contributed by atoms with Crippen LogP contribution in [-0.2, 0) is 0 Å². The summed E-state index contributed by atoms with van der Waals surface area (Å²) < 4.78 is 2.81. The Bertz CT molecular complexity index is 252. The summed E-state index contributed by atoms with van der Waals surface area (Å²) in [5, 5.41) is 17.5. The Morgan fingerprint density at radius 2 is 1.85 bits per heavy atom. The molecule has 74 valence electrons. The lowest BCUT2D eigenvalue weighted by molar-refractivity contribution is -0.764. The average Bonchev–Trinajstić information content (AvgIpc) is 2.03. The highest BCUT2D eigenvalue weighted by molar-refractivity contribution is 6.24. The highest BCUT2D eigenvalue weighted by Gasteiger charge is 2.55. The summed E-state index contributed by atoms with van der Waals surface area (Å²) in [4.78, 5) is 17.8. The largest absolute Gasteiger partial charge is 0.544 e. The SMILES string of the molecule is N/C(CC(Cl)([N+](=O)[O-])[N+](=O)[O-])=N\Cl. The second kappa shape index (κ2) is 4.19. The van der Waals surface area contributed by atoms with Gasteiger partial charge in [-0.2, -0.15) is 4.51 Å². The monoisotopic (exact) mass is 230 g/mol. The Labute approximate surface area is 81.7 Å². The lowest BCUT2D eigenvalue weighted by Gasteiger charge is -2.08. The number of nitrogens with two attached hydrogens (primary N) is 1. The van der Waals surface area contributed by atoms with E-state index in [1.807, 2.05) is 0 Å². The Kier molecular flexibility index (Phi) is 3.82. The Balaban J connectivity index is 4.83. The van der Waals surface area contributed by atoms with E-state index in [4.69, 9.17) is 29.1 Å². The van der Waals surface area contributed by atoms with Crippen molar-refractivity contribution in [1.29, 1.82) is 0 Å². The molecule has 0 unspecified atom stereocenters. The van der Waals surface area contributed by atoms with Crippen molar-refractivity contribution in [2.45, 2.75) is 11.5 Å². The van der Waals surface area contributed by atoms with E-state index in [-0.39, 0.29) is 0 Å². The second-order valence-corrected chi connectivity index (χ2v) is 2.76. The van der Waals surface area contributed by atoms with E-state index in [1.54, 1.807) is 0 Å². The van der Waals surface area contributed by atoms with Crippen LogP contribution in [0.25, 0.3) is 0 Å². The fourth-order valence-corrected chi connectivity index (χ4v) is 0.653. The summed E-state index contributed by atoms with van der Waals surface area (Å²) in [5.41, 5.74) is 4.96. The van der Waals surface area contributed by atoms with Crippen molar-refractivity contribution < 1.29 is 9.85 Å². The van der Waals surface area contributed by atoms with Gasteiger partial charge in [0.1, 0.15) is 15.7 Å². The normalized spacial score (nSPS) is 12.6. The number of nitrogens with zero attached hydrogens (tertiary/aromatic N) is 3. The molecule has 8 nitrogen and oxygen atoms in total. The van der Waals surface area contributed by atoms with Gasteiger partial charge in [-0.25, -0.2) is 0 Å². The van der Waals surface area contributed by atoms with Crippen LogP contribution in [0, 0.1) is 20.2 Å². The maximum Gasteiger partial charge on any atom is 0.544 e. The third kappa shape index (κ3) is 2.67. The van der Waals surface area contributed by atoms with Crippen LogP contribution in [0.4, 0.5) is 0 Å². The molecule has 0 saturated carbocycles. The molecule has 0 aromatic rings. The molecule has 0 aromatic carbocycles. The van der Waals surface area contributed by atoms with Gasteiger partial charge in [-0.15, -0.1) is 0 Å². The zero-order valence-electron chi connectivity index (χ0n) is 6.02. The molecule has 0 bridgehead atoms. The molecule has 0 aliphatic carbocycles. The Morgan fingerprint density at radius 3 is 2.08 bits per heavy atom. The van der Waals surface area contributed by atoms with Crippen LogP contribution in [-0.4, -0.2) is 20.8 Å². The summed E-state index contributed by atoms with van der Waals surface area (Å²) in [5.74, 6) is -0.481. The fourth-order valence-electron chi connectivity index (χ4n) is 0.456. The van der Waals surface area contributed by atoms with Crippen LogP contribution in [0.15, 0.2) is 4.51 Å². The average molecular weight is 231 g/mol. The van der Waals surface area contributed by atoms with E-state index in [0.29, 0.717) is 0 Å². The molecule has 0 saturated heterocycles. The van der Waals surface area contributed by atoms with Crippen LogP contribution >= 0.6 is 23.4 Å². The van der Waals surface area contributed by atoms with Gasteiger partial charge in [0, 0.05) is 23.4 Å². The van der Waals surface area contributed by atoms with Crippen LogP contribution in [0.1, 0.15) is 6.42 Å². The highest BCUT2D eigenvalue weighted by Crippen LogP contribution is 2.21. The maximum atomic E-state index is 10.2. The van der Waals surface area contributed by atoms with Crippen molar-refractivity contribution in [3.05, 3.63) is 20.2 Å². The van der Waals surface area contributed by atoms with Gasteiger partial charge < -0.3 is 5.73 Å². The van der Waals surface area contributed by atoms with Crippen molar-refractivity contribution in [3.63, 3.8) is 0 Å². The number of alkyl halides is 1. The predicted molar refractivity (Wildman–Crippen MR) is 44.7 cm³/mol. The van der Waals surface area contributed by atoms with Crippen molar-refractivity contribution in [2.75, 3.05) is 0 Å². The van der Waals surface area contributed by atoms with E-state index >= 15 is 0 Å². The lowest BCUT2D eigenvalue weighted by atomic mass is 10.3. The lowest BCUT2D eigenvalue weighted by Crippen LogP contribution is -2.43. The van der Waals surface area contributed by atoms with Crippen LogP contribution in [0.2, 0.25) is 0 Å². The van der Waals surface area contributed by atoms with E-state index in [0.717, 1.165) is 0 Å². The molecule has 0 spiro atoms. The van der Waals surface area contributed by atoms with Crippen LogP contribution in [0.5, 0.6) is 0 Å². The number of hydrogen-bond donors (Lipinski definition) is 1. The minimum Gasteiger partial charge on any atom is -0.386 e. The topological polar surface area (TPSA) is 125 Å².